The van der Waals surface area contributed by atoms with E-state index in [1.165, 1.54) is 5.56 Å². The molecule has 0 bridgehead atoms. The summed E-state index contributed by atoms with van der Waals surface area (Å²) in [5.41, 5.74) is 10.1. The number of hydrogen-bond acceptors (Lipinski definition) is 3. The van der Waals surface area contributed by atoms with E-state index < -0.39 is 0 Å². The van der Waals surface area contributed by atoms with Gasteiger partial charge in [-0.1, -0.05) is 18.3 Å². The molecule has 2 rings (SSSR count). The molecular weight excluding hydrogens is 256 g/mol. The van der Waals surface area contributed by atoms with Crippen molar-refractivity contribution >= 4 is 22.9 Å². The van der Waals surface area contributed by atoms with Crippen LogP contribution < -0.4 is 10.6 Å². The smallest absolute Gasteiger partial charge is 0.106 e. The number of hydrogen-bond donors (Lipinski definition) is 1. The van der Waals surface area contributed by atoms with Gasteiger partial charge in [0, 0.05) is 43.7 Å². The average Bonchev–Trinajstić information content (AvgIpc) is 2.74. The second-order valence-corrected chi connectivity index (χ2v) is 5.20. The lowest BCUT2D eigenvalue weighted by atomic mass is 10.1. The van der Waals surface area contributed by atoms with Crippen LogP contribution in [-0.2, 0) is 13.6 Å². The summed E-state index contributed by atoms with van der Waals surface area (Å²) in [6.45, 7) is 2.83. The number of anilines is 1. The van der Waals surface area contributed by atoms with Crippen LogP contribution in [0.3, 0.4) is 0 Å². The Balaban J connectivity index is 2.29. The van der Waals surface area contributed by atoms with E-state index in [2.05, 4.69) is 23.0 Å². The van der Waals surface area contributed by atoms with Crippen molar-refractivity contribution in [2.45, 2.75) is 13.5 Å². The molecule has 100 valence electrons. The van der Waals surface area contributed by atoms with Gasteiger partial charge in [0.15, 0.2) is 0 Å². The molecule has 2 N–H and O–H groups in total. The molecule has 0 radical (unpaired) electrons. The lowest BCUT2D eigenvalue weighted by Gasteiger charge is -2.22. The zero-order valence-corrected chi connectivity index (χ0v) is 12.2. The molecule has 0 saturated heterocycles. The molecule has 0 saturated carbocycles. The van der Waals surface area contributed by atoms with Crippen LogP contribution >= 0.6 is 12.2 Å². The van der Waals surface area contributed by atoms with Crippen molar-refractivity contribution in [1.29, 1.82) is 0 Å². The van der Waals surface area contributed by atoms with Gasteiger partial charge in [0.1, 0.15) is 4.99 Å². The largest absolute Gasteiger partial charge is 0.389 e. The summed E-state index contributed by atoms with van der Waals surface area (Å²) in [6, 6.07) is 6.10. The minimum Gasteiger partial charge on any atom is -0.389 e. The minimum atomic E-state index is 0.424. The van der Waals surface area contributed by atoms with Crippen LogP contribution in [0.4, 0.5) is 5.69 Å². The van der Waals surface area contributed by atoms with Crippen molar-refractivity contribution in [3.63, 3.8) is 0 Å². The fourth-order valence-electron chi connectivity index (χ4n) is 2.08. The average molecular weight is 274 g/mol. The molecule has 2 aromatic rings. The maximum Gasteiger partial charge on any atom is 0.106 e. The van der Waals surface area contributed by atoms with E-state index in [9.17, 15) is 0 Å². The fraction of sp³-hybridized carbons (Fsp3) is 0.286. The van der Waals surface area contributed by atoms with Gasteiger partial charge in [-0.2, -0.15) is 5.10 Å². The molecule has 0 aliphatic carbocycles. The highest BCUT2D eigenvalue weighted by molar-refractivity contribution is 7.80. The molecule has 0 aliphatic heterocycles. The molecule has 0 spiro atoms. The third-order valence-electron chi connectivity index (χ3n) is 3.01. The van der Waals surface area contributed by atoms with Crippen LogP contribution in [0.25, 0.3) is 0 Å². The van der Waals surface area contributed by atoms with Gasteiger partial charge in [-0.15, -0.1) is 0 Å². The first kappa shape index (κ1) is 13.5. The molecule has 0 fully saturated rings. The van der Waals surface area contributed by atoms with E-state index in [0.717, 1.165) is 23.4 Å². The number of aryl methyl sites for hydroxylation is 2. The van der Waals surface area contributed by atoms with Crippen LogP contribution in [-0.4, -0.2) is 21.8 Å². The van der Waals surface area contributed by atoms with Crippen LogP contribution in [0.2, 0.25) is 0 Å². The topological polar surface area (TPSA) is 47.1 Å². The van der Waals surface area contributed by atoms with Gasteiger partial charge in [-0.3, -0.25) is 4.68 Å². The van der Waals surface area contributed by atoms with Crippen LogP contribution in [0, 0.1) is 6.92 Å². The number of nitrogens with two attached hydrogens (primary N) is 1. The monoisotopic (exact) mass is 274 g/mol. The first-order chi connectivity index (χ1) is 8.97. The van der Waals surface area contributed by atoms with Crippen molar-refractivity contribution in [2.75, 3.05) is 11.9 Å². The molecule has 0 aliphatic rings. The molecule has 19 heavy (non-hydrogen) atoms. The molecule has 1 heterocycles. The summed E-state index contributed by atoms with van der Waals surface area (Å²) in [7, 11) is 3.94. The highest BCUT2D eigenvalue weighted by atomic mass is 32.1. The van der Waals surface area contributed by atoms with E-state index >= 15 is 0 Å². The zero-order valence-electron chi connectivity index (χ0n) is 11.4. The molecule has 0 unspecified atom stereocenters. The van der Waals surface area contributed by atoms with Gasteiger partial charge in [-0.05, 0) is 24.6 Å². The summed E-state index contributed by atoms with van der Waals surface area (Å²) in [5.74, 6) is 0. The van der Waals surface area contributed by atoms with Crippen LogP contribution in [0.15, 0.2) is 30.6 Å². The third-order valence-corrected chi connectivity index (χ3v) is 3.23. The normalized spacial score (nSPS) is 10.5. The maximum atomic E-state index is 5.79. The van der Waals surface area contributed by atoms with Gasteiger partial charge in [-0.25, -0.2) is 0 Å². The Labute approximate surface area is 118 Å². The predicted octanol–water partition coefficient (Wildman–Crippen LogP) is 2.00. The second-order valence-electron chi connectivity index (χ2n) is 4.76. The molecule has 1 aromatic heterocycles. The quantitative estimate of drug-likeness (QED) is 0.866. The Hall–Kier alpha value is -1.88. The first-order valence-electron chi connectivity index (χ1n) is 6.06. The molecule has 0 atom stereocenters. The highest BCUT2D eigenvalue weighted by Gasteiger charge is 2.11. The predicted molar refractivity (Wildman–Crippen MR) is 82.4 cm³/mol. The summed E-state index contributed by atoms with van der Waals surface area (Å²) in [4.78, 5) is 2.56. The number of nitrogens with zero attached hydrogens (tertiary/aromatic N) is 3. The van der Waals surface area contributed by atoms with Crippen molar-refractivity contribution < 1.29 is 0 Å². The molecule has 0 amide bonds. The van der Waals surface area contributed by atoms with E-state index in [1.54, 1.807) is 4.68 Å². The Kier molecular flexibility index (Phi) is 3.85. The number of thiocarbonyl (C=S) groups is 1. The van der Waals surface area contributed by atoms with Gasteiger partial charge < -0.3 is 10.6 Å². The Morgan fingerprint density at radius 3 is 2.79 bits per heavy atom. The van der Waals surface area contributed by atoms with E-state index in [4.69, 9.17) is 18.0 Å². The number of benzene rings is 1. The summed E-state index contributed by atoms with van der Waals surface area (Å²) in [6.07, 6.45) is 3.87. The molecule has 4 nitrogen and oxygen atoms in total. The lowest BCUT2D eigenvalue weighted by Crippen LogP contribution is -2.21. The number of rotatable bonds is 4. The Morgan fingerprint density at radius 1 is 1.47 bits per heavy atom. The molecule has 1 aromatic carbocycles. The van der Waals surface area contributed by atoms with E-state index in [-0.39, 0.29) is 0 Å². The van der Waals surface area contributed by atoms with Crippen molar-refractivity contribution in [2.24, 2.45) is 12.8 Å². The Morgan fingerprint density at radius 2 is 2.21 bits per heavy atom. The van der Waals surface area contributed by atoms with Gasteiger partial charge in [0.2, 0.25) is 0 Å². The molecule has 5 heteroatoms. The second kappa shape index (κ2) is 5.40. The Bertz CT molecular complexity index is 603. The first-order valence-corrected chi connectivity index (χ1v) is 6.47. The highest BCUT2D eigenvalue weighted by Crippen LogP contribution is 2.22. The van der Waals surface area contributed by atoms with Gasteiger partial charge in [0.25, 0.3) is 0 Å². The van der Waals surface area contributed by atoms with Crippen molar-refractivity contribution in [1.82, 2.24) is 9.78 Å². The van der Waals surface area contributed by atoms with Crippen molar-refractivity contribution in [3.05, 3.63) is 47.3 Å². The SMILES string of the molecule is Cc1ccc(C(N)=S)c(N(C)Cc2cnn(C)c2)c1. The summed E-state index contributed by atoms with van der Waals surface area (Å²) in [5, 5.41) is 4.18. The molecular formula is C14H18N4S. The van der Waals surface area contributed by atoms with Gasteiger partial charge >= 0.3 is 0 Å². The maximum absolute atomic E-state index is 5.79. The summed E-state index contributed by atoms with van der Waals surface area (Å²) >= 11 is 5.12. The van der Waals surface area contributed by atoms with Crippen LogP contribution in [0.5, 0.6) is 0 Å². The zero-order chi connectivity index (χ0) is 14.0. The minimum absolute atomic E-state index is 0.424. The van der Waals surface area contributed by atoms with Crippen molar-refractivity contribution in [3.8, 4) is 0 Å². The van der Waals surface area contributed by atoms with E-state index in [0.29, 0.717) is 4.99 Å². The van der Waals surface area contributed by atoms with Gasteiger partial charge in [0.05, 0.1) is 6.20 Å². The standard InChI is InChI=1S/C14H18N4S/c1-10-4-5-12(14(15)19)13(6-10)17(2)8-11-7-16-18(3)9-11/h4-7,9H,8H2,1-3H3,(H2,15,19). The fourth-order valence-corrected chi connectivity index (χ4v) is 2.25. The van der Waals surface area contributed by atoms with Crippen LogP contribution in [0.1, 0.15) is 16.7 Å². The summed E-state index contributed by atoms with van der Waals surface area (Å²) < 4.78 is 1.80. The van der Waals surface area contributed by atoms with E-state index in [1.807, 2.05) is 38.6 Å². The number of aromatic nitrogens is 2. The lowest BCUT2D eigenvalue weighted by molar-refractivity contribution is 0.766. The third kappa shape index (κ3) is 3.12.